The average Bonchev–Trinajstić information content (AvgIpc) is 3.24. The molecule has 0 unspecified atom stereocenters. The highest BCUT2D eigenvalue weighted by Gasteiger charge is 2.21. The van der Waals surface area contributed by atoms with Gasteiger partial charge in [-0.2, -0.15) is 0 Å². The van der Waals surface area contributed by atoms with Crippen molar-refractivity contribution in [1.82, 2.24) is 10.3 Å². The predicted octanol–water partition coefficient (Wildman–Crippen LogP) is 1.41. The molecule has 31 heavy (non-hydrogen) atoms. The van der Waals surface area contributed by atoms with Crippen LogP contribution in [0.1, 0.15) is 23.2 Å². The zero-order chi connectivity index (χ0) is 21.6. The van der Waals surface area contributed by atoms with E-state index in [0.717, 1.165) is 30.9 Å². The molecule has 2 saturated heterocycles. The van der Waals surface area contributed by atoms with Crippen LogP contribution < -0.4 is 20.4 Å². The molecule has 3 amide bonds. The van der Waals surface area contributed by atoms with Gasteiger partial charge in [0.15, 0.2) is 0 Å². The number of ether oxygens (including phenoxy) is 1. The van der Waals surface area contributed by atoms with Crippen LogP contribution in [0.25, 0.3) is 0 Å². The van der Waals surface area contributed by atoms with Gasteiger partial charge in [-0.3, -0.25) is 14.4 Å². The Hall–Kier alpha value is -3.46. The smallest absolute Gasteiger partial charge is 0.251 e. The van der Waals surface area contributed by atoms with Gasteiger partial charge in [0, 0.05) is 37.3 Å². The van der Waals surface area contributed by atoms with Crippen molar-refractivity contribution in [2.75, 3.05) is 54.5 Å². The predicted molar refractivity (Wildman–Crippen MR) is 116 cm³/mol. The van der Waals surface area contributed by atoms with Crippen molar-refractivity contribution in [3.63, 3.8) is 0 Å². The molecule has 0 saturated carbocycles. The highest BCUT2D eigenvalue weighted by atomic mass is 16.5. The van der Waals surface area contributed by atoms with Crippen LogP contribution in [-0.4, -0.2) is 62.1 Å². The lowest BCUT2D eigenvalue weighted by atomic mass is 10.2. The summed E-state index contributed by atoms with van der Waals surface area (Å²) in [5, 5.41) is 5.28. The maximum absolute atomic E-state index is 12.3. The van der Waals surface area contributed by atoms with Crippen molar-refractivity contribution in [2.24, 2.45) is 0 Å². The van der Waals surface area contributed by atoms with Gasteiger partial charge in [0.2, 0.25) is 11.8 Å². The number of hydrogen-bond donors (Lipinski definition) is 2. The normalized spacial score (nSPS) is 16.3. The molecule has 0 radical (unpaired) electrons. The second-order valence-corrected chi connectivity index (χ2v) is 7.43. The van der Waals surface area contributed by atoms with Gasteiger partial charge in [0.1, 0.15) is 5.82 Å². The Morgan fingerprint density at radius 1 is 1.00 bits per heavy atom. The number of nitrogens with zero attached hydrogens (tertiary/aromatic N) is 3. The van der Waals surface area contributed by atoms with Gasteiger partial charge in [0.25, 0.3) is 5.91 Å². The van der Waals surface area contributed by atoms with Gasteiger partial charge in [-0.05, 0) is 42.8 Å². The number of hydrogen-bond acceptors (Lipinski definition) is 6. The fourth-order valence-electron chi connectivity index (χ4n) is 3.63. The number of benzene rings is 1. The lowest BCUT2D eigenvalue weighted by Gasteiger charge is -2.28. The lowest BCUT2D eigenvalue weighted by molar-refractivity contribution is -0.117. The van der Waals surface area contributed by atoms with E-state index < -0.39 is 0 Å². The van der Waals surface area contributed by atoms with Crippen molar-refractivity contribution in [3.05, 3.63) is 48.2 Å². The Balaban J connectivity index is 1.25. The fourth-order valence-corrected chi connectivity index (χ4v) is 3.63. The van der Waals surface area contributed by atoms with Gasteiger partial charge in [-0.25, -0.2) is 4.98 Å². The molecule has 0 spiro atoms. The molecule has 162 valence electrons. The minimum atomic E-state index is -0.362. The van der Waals surface area contributed by atoms with Gasteiger partial charge in [-0.15, -0.1) is 0 Å². The molecular weight excluding hydrogens is 398 g/mol. The first-order chi connectivity index (χ1) is 15.1. The Kier molecular flexibility index (Phi) is 6.42. The van der Waals surface area contributed by atoms with E-state index in [4.69, 9.17) is 4.74 Å². The summed E-state index contributed by atoms with van der Waals surface area (Å²) in [6, 6.07) is 10.4. The van der Waals surface area contributed by atoms with E-state index in [2.05, 4.69) is 20.5 Å². The topological polar surface area (TPSA) is 104 Å². The fraction of sp³-hybridized carbons (Fsp3) is 0.364. The van der Waals surface area contributed by atoms with Crippen molar-refractivity contribution in [3.8, 4) is 0 Å². The van der Waals surface area contributed by atoms with Crippen LogP contribution in [0.4, 0.5) is 17.2 Å². The Morgan fingerprint density at radius 3 is 2.39 bits per heavy atom. The van der Waals surface area contributed by atoms with Crippen LogP contribution >= 0.6 is 0 Å². The summed E-state index contributed by atoms with van der Waals surface area (Å²) in [5.41, 5.74) is 2.19. The zero-order valence-electron chi connectivity index (χ0n) is 17.2. The first-order valence-electron chi connectivity index (χ1n) is 10.4. The summed E-state index contributed by atoms with van der Waals surface area (Å²) in [6.45, 7) is 3.54. The molecule has 2 aromatic rings. The second kappa shape index (κ2) is 9.57. The van der Waals surface area contributed by atoms with Crippen LogP contribution in [0.2, 0.25) is 0 Å². The van der Waals surface area contributed by atoms with E-state index in [1.54, 1.807) is 41.4 Å². The van der Waals surface area contributed by atoms with E-state index in [9.17, 15) is 14.4 Å². The molecule has 4 rings (SSSR count). The Bertz CT molecular complexity index is 939. The molecule has 2 N–H and O–H groups in total. The summed E-state index contributed by atoms with van der Waals surface area (Å²) in [4.78, 5) is 44.4. The maximum atomic E-state index is 12.3. The molecule has 0 bridgehead atoms. The molecule has 0 atom stereocenters. The summed E-state index contributed by atoms with van der Waals surface area (Å²) in [7, 11) is 0. The highest BCUT2D eigenvalue weighted by molar-refractivity contribution is 6.00. The van der Waals surface area contributed by atoms with Crippen LogP contribution in [-0.2, 0) is 14.3 Å². The Morgan fingerprint density at radius 2 is 1.74 bits per heavy atom. The van der Waals surface area contributed by atoms with Gasteiger partial charge >= 0.3 is 0 Å². The summed E-state index contributed by atoms with van der Waals surface area (Å²) < 4.78 is 5.34. The maximum Gasteiger partial charge on any atom is 0.251 e. The average molecular weight is 423 g/mol. The first kappa shape index (κ1) is 20.8. The number of anilines is 3. The standard InChI is InChI=1S/C22H25N5O4/c28-20(25-19-8-7-18(14-23-19)26-10-12-31-13-11-26)15-24-22(30)16-3-5-17(6-4-16)27-9-1-2-21(27)29/h3-8,14H,1-2,9-13,15H2,(H,24,30)(H,23,25,28). The number of nitrogens with one attached hydrogen (secondary N) is 2. The number of rotatable bonds is 6. The number of carbonyl (C=O) groups is 3. The molecule has 1 aromatic carbocycles. The lowest BCUT2D eigenvalue weighted by Crippen LogP contribution is -2.36. The highest BCUT2D eigenvalue weighted by Crippen LogP contribution is 2.21. The third kappa shape index (κ3) is 5.18. The van der Waals surface area contributed by atoms with Crippen molar-refractivity contribution < 1.29 is 19.1 Å². The molecule has 2 aliphatic rings. The third-order valence-electron chi connectivity index (χ3n) is 5.32. The molecular formula is C22H25N5O4. The molecule has 2 fully saturated rings. The SMILES string of the molecule is O=C(CNC(=O)c1ccc(N2CCCC2=O)cc1)Nc1ccc(N2CCOCC2)cn1. The first-order valence-corrected chi connectivity index (χ1v) is 10.4. The van der Waals surface area contributed by atoms with Crippen LogP contribution in [0.5, 0.6) is 0 Å². The number of amides is 3. The molecule has 1 aromatic heterocycles. The van der Waals surface area contributed by atoms with Crippen LogP contribution in [0.15, 0.2) is 42.6 Å². The van der Waals surface area contributed by atoms with E-state index in [0.29, 0.717) is 37.6 Å². The monoisotopic (exact) mass is 423 g/mol. The summed E-state index contributed by atoms with van der Waals surface area (Å²) in [6.07, 6.45) is 3.12. The summed E-state index contributed by atoms with van der Waals surface area (Å²) in [5.74, 6) is -0.194. The number of morpholine rings is 1. The molecule has 2 aliphatic heterocycles. The number of pyridine rings is 1. The van der Waals surface area contributed by atoms with Gasteiger partial charge in [-0.1, -0.05) is 0 Å². The minimum absolute atomic E-state index is 0.0976. The molecule has 9 heteroatoms. The second-order valence-electron chi connectivity index (χ2n) is 7.43. The quantitative estimate of drug-likeness (QED) is 0.728. The molecule has 0 aliphatic carbocycles. The van der Waals surface area contributed by atoms with E-state index in [1.165, 1.54) is 0 Å². The van der Waals surface area contributed by atoms with Crippen LogP contribution in [0, 0.1) is 0 Å². The van der Waals surface area contributed by atoms with Crippen molar-refractivity contribution >= 4 is 34.9 Å². The largest absolute Gasteiger partial charge is 0.378 e. The van der Waals surface area contributed by atoms with Crippen molar-refractivity contribution in [2.45, 2.75) is 12.8 Å². The Labute approximate surface area is 180 Å². The third-order valence-corrected chi connectivity index (χ3v) is 5.32. The zero-order valence-corrected chi connectivity index (χ0v) is 17.2. The van der Waals surface area contributed by atoms with Crippen molar-refractivity contribution in [1.29, 1.82) is 0 Å². The van der Waals surface area contributed by atoms with Gasteiger partial charge in [0.05, 0.1) is 31.6 Å². The van der Waals surface area contributed by atoms with Gasteiger partial charge < -0.3 is 25.2 Å². The minimum Gasteiger partial charge on any atom is -0.378 e. The van der Waals surface area contributed by atoms with Crippen LogP contribution in [0.3, 0.4) is 0 Å². The van der Waals surface area contributed by atoms with E-state index in [1.807, 2.05) is 6.07 Å². The number of aromatic nitrogens is 1. The number of carbonyl (C=O) groups excluding carboxylic acids is 3. The summed E-state index contributed by atoms with van der Waals surface area (Å²) >= 11 is 0. The van der Waals surface area contributed by atoms with E-state index in [-0.39, 0.29) is 24.3 Å². The molecule has 9 nitrogen and oxygen atoms in total. The molecule has 3 heterocycles. The van der Waals surface area contributed by atoms with E-state index >= 15 is 0 Å².